The van der Waals surface area contributed by atoms with Crippen LogP contribution in [-0.4, -0.2) is 25.1 Å². The third kappa shape index (κ3) is 2.64. The number of carbonyl (C=O) groups excluding carboxylic acids is 1. The van der Waals surface area contributed by atoms with Gasteiger partial charge in [-0.3, -0.25) is 4.79 Å². The number of fused-ring (bicyclic) bond motifs is 1. The van der Waals surface area contributed by atoms with E-state index in [2.05, 4.69) is 31.0 Å². The number of nitrogens with zero attached hydrogens (tertiary/aromatic N) is 1. The van der Waals surface area contributed by atoms with Gasteiger partial charge in [-0.05, 0) is 20.8 Å². The second-order valence-corrected chi connectivity index (χ2v) is 5.62. The molecule has 1 aromatic carbocycles. The highest BCUT2D eigenvalue weighted by molar-refractivity contribution is 5.96. The summed E-state index contributed by atoms with van der Waals surface area (Å²) in [6.07, 6.45) is 0.385. The van der Waals surface area contributed by atoms with Crippen LogP contribution < -0.4 is 15.0 Å². The Hall–Kier alpha value is -1.78. The van der Waals surface area contributed by atoms with E-state index >= 15 is 0 Å². The molecule has 1 N–H and O–H groups in total. The van der Waals surface area contributed by atoms with Crippen LogP contribution in [0.5, 0.6) is 5.75 Å². The molecule has 0 radical (unpaired) electrons. The number of anilines is 2. The van der Waals surface area contributed by atoms with Crippen LogP contribution in [0.1, 0.15) is 27.2 Å². The zero-order valence-corrected chi connectivity index (χ0v) is 11.7. The molecule has 0 bridgehead atoms. The summed E-state index contributed by atoms with van der Waals surface area (Å²) < 4.78 is 18.8. The molecule has 0 aliphatic carbocycles. The highest BCUT2D eigenvalue weighted by atomic mass is 19.1. The van der Waals surface area contributed by atoms with E-state index in [1.165, 1.54) is 13.2 Å². The first-order chi connectivity index (χ1) is 8.82. The van der Waals surface area contributed by atoms with Gasteiger partial charge >= 0.3 is 0 Å². The van der Waals surface area contributed by atoms with Gasteiger partial charge in [0.25, 0.3) is 0 Å². The monoisotopic (exact) mass is 266 g/mol. The zero-order chi connectivity index (χ0) is 14.2. The fourth-order valence-electron chi connectivity index (χ4n) is 2.27. The number of rotatable bonds is 1. The van der Waals surface area contributed by atoms with Crippen molar-refractivity contribution in [3.63, 3.8) is 0 Å². The average molecular weight is 266 g/mol. The summed E-state index contributed by atoms with van der Waals surface area (Å²) in [6, 6.07) is 2.96. The van der Waals surface area contributed by atoms with Crippen molar-refractivity contribution in [2.45, 2.75) is 32.7 Å². The SMILES string of the molecule is COc1cc2c(cc1F)NC(=O)CCN2C(C)(C)C. The highest BCUT2D eigenvalue weighted by Crippen LogP contribution is 2.37. The molecule has 104 valence electrons. The van der Waals surface area contributed by atoms with Crippen molar-refractivity contribution in [2.24, 2.45) is 0 Å². The van der Waals surface area contributed by atoms with E-state index in [1.807, 2.05) is 0 Å². The maximum Gasteiger partial charge on any atom is 0.226 e. The maximum atomic E-state index is 13.8. The fourth-order valence-corrected chi connectivity index (χ4v) is 2.27. The van der Waals surface area contributed by atoms with Gasteiger partial charge in [0.2, 0.25) is 5.91 Å². The van der Waals surface area contributed by atoms with Gasteiger partial charge in [-0.1, -0.05) is 0 Å². The van der Waals surface area contributed by atoms with E-state index in [-0.39, 0.29) is 17.2 Å². The molecule has 0 saturated carbocycles. The van der Waals surface area contributed by atoms with E-state index in [1.54, 1.807) is 6.07 Å². The molecule has 1 aliphatic rings. The Labute approximate surface area is 112 Å². The molecule has 0 saturated heterocycles. The Kier molecular flexibility index (Phi) is 3.39. The largest absolute Gasteiger partial charge is 0.494 e. The molecule has 1 amide bonds. The van der Waals surface area contributed by atoms with E-state index in [9.17, 15) is 9.18 Å². The maximum absolute atomic E-state index is 13.8. The lowest BCUT2D eigenvalue weighted by atomic mass is 10.0. The summed E-state index contributed by atoms with van der Waals surface area (Å²) in [5.74, 6) is -0.390. The van der Waals surface area contributed by atoms with Crippen molar-refractivity contribution >= 4 is 17.3 Å². The van der Waals surface area contributed by atoms with Gasteiger partial charge in [-0.2, -0.15) is 0 Å². The molecule has 2 rings (SSSR count). The summed E-state index contributed by atoms with van der Waals surface area (Å²) >= 11 is 0. The number of carbonyl (C=O) groups is 1. The Balaban J connectivity index is 2.58. The number of nitrogens with one attached hydrogen (secondary N) is 1. The van der Waals surface area contributed by atoms with Crippen molar-refractivity contribution in [1.29, 1.82) is 0 Å². The summed E-state index contributed by atoms with van der Waals surface area (Å²) in [5.41, 5.74) is 1.12. The standard InChI is InChI=1S/C14H19FN2O2/c1-14(2,3)17-6-5-13(18)16-10-7-9(15)12(19-4)8-11(10)17/h7-8H,5-6H2,1-4H3,(H,16,18). The van der Waals surface area contributed by atoms with Gasteiger partial charge in [0.1, 0.15) is 0 Å². The predicted octanol–water partition coefficient (Wildman–Crippen LogP) is 2.78. The molecule has 5 heteroatoms. The molecular weight excluding hydrogens is 247 g/mol. The van der Waals surface area contributed by atoms with Crippen LogP contribution in [0.3, 0.4) is 0 Å². The Morgan fingerprint density at radius 1 is 1.37 bits per heavy atom. The number of benzene rings is 1. The van der Waals surface area contributed by atoms with Crippen LogP contribution in [0.2, 0.25) is 0 Å². The van der Waals surface area contributed by atoms with Crippen LogP contribution in [0.25, 0.3) is 0 Å². The first-order valence-corrected chi connectivity index (χ1v) is 6.28. The first-order valence-electron chi connectivity index (χ1n) is 6.28. The number of ether oxygens (including phenoxy) is 1. The van der Waals surface area contributed by atoms with Crippen LogP contribution in [0, 0.1) is 5.82 Å². The molecule has 0 unspecified atom stereocenters. The Bertz CT molecular complexity index is 509. The van der Waals surface area contributed by atoms with Gasteiger partial charge in [-0.15, -0.1) is 0 Å². The molecule has 1 aromatic rings. The van der Waals surface area contributed by atoms with Crippen molar-refractivity contribution in [1.82, 2.24) is 0 Å². The third-order valence-corrected chi connectivity index (χ3v) is 3.21. The summed E-state index contributed by atoms with van der Waals surface area (Å²) in [6.45, 7) is 6.77. The minimum Gasteiger partial charge on any atom is -0.494 e. The van der Waals surface area contributed by atoms with Gasteiger partial charge < -0.3 is 15.0 Å². The molecule has 0 fully saturated rings. The quantitative estimate of drug-likeness (QED) is 0.849. The molecule has 1 heterocycles. The smallest absolute Gasteiger partial charge is 0.226 e. The van der Waals surface area contributed by atoms with Gasteiger partial charge in [-0.25, -0.2) is 4.39 Å². The van der Waals surface area contributed by atoms with E-state index < -0.39 is 5.82 Å². The van der Waals surface area contributed by atoms with Crippen LogP contribution in [0.4, 0.5) is 15.8 Å². The van der Waals surface area contributed by atoms with E-state index in [4.69, 9.17) is 4.74 Å². The topological polar surface area (TPSA) is 41.6 Å². The number of halogens is 1. The average Bonchev–Trinajstić information content (AvgIpc) is 2.45. The summed E-state index contributed by atoms with van der Waals surface area (Å²) in [4.78, 5) is 13.8. The second-order valence-electron chi connectivity index (χ2n) is 5.62. The van der Waals surface area contributed by atoms with Crippen LogP contribution in [0.15, 0.2) is 12.1 Å². The molecule has 0 spiro atoms. The summed E-state index contributed by atoms with van der Waals surface area (Å²) in [5, 5.41) is 2.74. The lowest BCUT2D eigenvalue weighted by molar-refractivity contribution is -0.116. The molecule has 19 heavy (non-hydrogen) atoms. The molecule has 0 atom stereocenters. The number of amides is 1. The molecule has 0 aromatic heterocycles. The van der Waals surface area contributed by atoms with Crippen molar-refractivity contribution in [2.75, 3.05) is 23.9 Å². The highest BCUT2D eigenvalue weighted by Gasteiger charge is 2.28. The second kappa shape index (κ2) is 4.72. The lowest BCUT2D eigenvalue weighted by Gasteiger charge is -2.37. The van der Waals surface area contributed by atoms with Gasteiger partial charge in [0.05, 0.1) is 18.5 Å². The zero-order valence-electron chi connectivity index (χ0n) is 11.7. The Morgan fingerprint density at radius 2 is 2.05 bits per heavy atom. The normalized spacial score (nSPS) is 15.6. The Morgan fingerprint density at radius 3 is 2.63 bits per heavy atom. The van der Waals surface area contributed by atoms with Gasteiger partial charge in [0, 0.05) is 30.6 Å². The van der Waals surface area contributed by atoms with Crippen LogP contribution in [-0.2, 0) is 4.79 Å². The van der Waals surface area contributed by atoms with Crippen LogP contribution >= 0.6 is 0 Å². The minimum atomic E-state index is -0.475. The number of hydrogen-bond acceptors (Lipinski definition) is 3. The number of methoxy groups -OCH3 is 1. The van der Waals surface area contributed by atoms with Gasteiger partial charge in [0.15, 0.2) is 11.6 Å². The van der Waals surface area contributed by atoms with Crippen molar-refractivity contribution in [3.05, 3.63) is 17.9 Å². The van der Waals surface area contributed by atoms with Crippen molar-refractivity contribution < 1.29 is 13.9 Å². The molecule has 1 aliphatic heterocycles. The number of hydrogen-bond donors (Lipinski definition) is 1. The van der Waals surface area contributed by atoms with E-state index in [0.29, 0.717) is 18.7 Å². The van der Waals surface area contributed by atoms with E-state index in [0.717, 1.165) is 5.69 Å². The fraction of sp³-hybridized carbons (Fsp3) is 0.500. The summed E-state index contributed by atoms with van der Waals surface area (Å²) in [7, 11) is 1.43. The predicted molar refractivity (Wildman–Crippen MR) is 73.3 cm³/mol. The van der Waals surface area contributed by atoms with Crippen molar-refractivity contribution in [3.8, 4) is 5.75 Å². The third-order valence-electron chi connectivity index (χ3n) is 3.21. The molecular formula is C14H19FN2O2. The first kappa shape index (κ1) is 13.6. The molecule has 4 nitrogen and oxygen atoms in total. The lowest BCUT2D eigenvalue weighted by Crippen LogP contribution is -2.42. The minimum absolute atomic E-state index is 0.0995.